The van der Waals surface area contributed by atoms with Crippen LogP contribution in [0.25, 0.3) is 0 Å². The lowest BCUT2D eigenvalue weighted by atomic mass is 10.2. The Balaban J connectivity index is 2.48. The summed E-state index contributed by atoms with van der Waals surface area (Å²) in [6.45, 7) is 2.71. The number of nitrogens with two attached hydrogens (primary N) is 1. The van der Waals surface area contributed by atoms with Crippen LogP contribution in [-0.4, -0.2) is 49.5 Å². The van der Waals surface area contributed by atoms with Gasteiger partial charge in [-0.15, -0.1) is 0 Å². The van der Waals surface area contributed by atoms with Crippen molar-refractivity contribution < 1.29 is 9.47 Å². The smallest absolute Gasteiger partial charge is 0.166 e. The zero-order chi connectivity index (χ0) is 8.97. The average molecular weight is 190 g/mol. The highest BCUT2D eigenvalue weighted by Gasteiger charge is 2.23. The third-order valence-corrected chi connectivity index (χ3v) is 2.10. The molecular weight excluding hydrogens is 176 g/mol. The Morgan fingerprint density at radius 2 is 2.58 bits per heavy atom. The highest BCUT2D eigenvalue weighted by molar-refractivity contribution is 7.80. The molecular formula is C7H14N2O2S. The SMILES string of the molecule is COC[C@H]1COCCN1C(N)=S. The highest BCUT2D eigenvalue weighted by Crippen LogP contribution is 2.06. The van der Waals surface area contributed by atoms with Crippen LogP contribution in [-0.2, 0) is 9.47 Å². The molecule has 12 heavy (non-hydrogen) atoms. The summed E-state index contributed by atoms with van der Waals surface area (Å²) in [4.78, 5) is 1.95. The number of hydrogen-bond acceptors (Lipinski definition) is 3. The molecule has 0 aromatic heterocycles. The fourth-order valence-corrected chi connectivity index (χ4v) is 1.52. The molecule has 1 fully saturated rings. The summed E-state index contributed by atoms with van der Waals surface area (Å²) in [6, 6.07) is 0.182. The minimum atomic E-state index is 0.182. The van der Waals surface area contributed by atoms with E-state index in [1.54, 1.807) is 7.11 Å². The van der Waals surface area contributed by atoms with Gasteiger partial charge in [0.15, 0.2) is 5.11 Å². The maximum absolute atomic E-state index is 5.53. The molecule has 0 aromatic rings. The van der Waals surface area contributed by atoms with E-state index in [1.165, 1.54) is 0 Å². The lowest BCUT2D eigenvalue weighted by Crippen LogP contribution is -2.52. The van der Waals surface area contributed by atoms with Crippen molar-refractivity contribution in [1.82, 2.24) is 4.90 Å². The maximum atomic E-state index is 5.53. The van der Waals surface area contributed by atoms with Crippen molar-refractivity contribution >= 4 is 17.3 Å². The number of rotatable bonds is 2. The van der Waals surface area contributed by atoms with Crippen molar-refractivity contribution in [2.24, 2.45) is 5.73 Å². The van der Waals surface area contributed by atoms with E-state index in [9.17, 15) is 0 Å². The van der Waals surface area contributed by atoms with Gasteiger partial charge in [-0.3, -0.25) is 0 Å². The molecule has 70 valence electrons. The number of methoxy groups -OCH3 is 1. The minimum Gasteiger partial charge on any atom is -0.382 e. The molecule has 0 aliphatic carbocycles. The third kappa shape index (κ3) is 2.30. The molecule has 1 rings (SSSR count). The Kier molecular flexibility index (Phi) is 3.71. The first-order chi connectivity index (χ1) is 5.75. The van der Waals surface area contributed by atoms with Gasteiger partial charge in [0.1, 0.15) is 0 Å². The summed E-state index contributed by atoms with van der Waals surface area (Å²) in [5, 5.41) is 0.431. The zero-order valence-electron chi connectivity index (χ0n) is 7.16. The van der Waals surface area contributed by atoms with Crippen LogP contribution in [0.3, 0.4) is 0 Å². The molecule has 0 amide bonds. The summed E-state index contributed by atoms with van der Waals surface area (Å²) in [7, 11) is 1.66. The summed E-state index contributed by atoms with van der Waals surface area (Å²) in [5.41, 5.74) is 5.53. The van der Waals surface area contributed by atoms with Crippen LogP contribution in [0.4, 0.5) is 0 Å². The van der Waals surface area contributed by atoms with E-state index < -0.39 is 0 Å². The lowest BCUT2D eigenvalue weighted by Gasteiger charge is -2.35. The molecule has 1 aliphatic rings. The molecule has 0 spiro atoms. The van der Waals surface area contributed by atoms with Crippen LogP contribution >= 0.6 is 12.2 Å². The van der Waals surface area contributed by atoms with Crippen LogP contribution in [0.5, 0.6) is 0 Å². The Bertz CT molecular complexity index is 163. The van der Waals surface area contributed by atoms with Gasteiger partial charge in [0, 0.05) is 13.7 Å². The lowest BCUT2D eigenvalue weighted by molar-refractivity contribution is -0.00393. The van der Waals surface area contributed by atoms with Crippen LogP contribution in [0.2, 0.25) is 0 Å². The molecule has 1 saturated heterocycles. The van der Waals surface area contributed by atoms with Gasteiger partial charge in [0.2, 0.25) is 0 Å². The van der Waals surface area contributed by atoms with Gasteiger partial charge in [-0.2, -0.15) is 0 Å². The quantitative estimate of drug-likeness (QED) is 0.599. The van der Waals surface area contributed by atoms with Crippen LogP contribution < -0.4 is 5.73 Å². The average Bonchev–Trinajstić information content (AvgIpc) is 2.05. The number of ether oxygens (including phenoxy) is 2. The fraction of sp³-hybridized carbons (Fsp3) is 0.857. The molecule has 0 saturated carbocycles. The monoisotopic (exact) mass is 190 g/mol. The van der Waals surface area contributed by atoms with Gasteiger partial charge in [-0.1, -0.05) is 0 Å². The molecule has 4 nitrogen and oxygen atoms in total. The van der Waals surface area contributed by atoms with E-state index in [4.69, 9.17) is 27.4 Å². The van der Waals surface area contributed by atoms with Gasteiger partial charge >= 0.3 is 0 Å². The first-order valence-electron chi connectivity index (χ1n) is 3.88. The molecule has 0 aromatic carbocycles. The molecule has 0 radical (unpaired) electrons. The molecule has 0 unspecified atom stereocenters. The first kappa shape index (κ1) is 9.70. The zero-order valence-corrected chi connectivity index (χ0v) is 7.97. The second kappa shape index (κ2) is 4.59. The minimum absolute atomic E-state index is 0.182. The van der Waals surface area contributed by atoms with Gasteiger partial charge in [0.05, 0.1) is 25.9 Å². The van der Waals surface area contributed by atoms with Crippen molar-refractivity contribution in [3.05, 3.63) is 0 Å². The van der Waals surface area contributed by atoms with Crippen molar-refractivity contribution in [3.8, 4) is 0 Å². The Morgan fingerprint density at radius 1 is 1.83 bits per heavy atom. The first-order valence-corrected chi connectivity index (χ1v) is 4.29. The second-order valence-electron chi connectivity index (χ2n) is 2.72. The second-order valence-corrected chi connectivity index (χ2v) is 3.13. The molecule has 1 aliphatic heterocycles. The number of morpholine rings is 1. The van der Waals surface area contributed by atoms with Crippen molar-refractivity contribution in [1.29, 1.82) is 0 Å². The fourth-order valence-electron chi connectivity index (χ4n) is 1.28. The van der Waals surface area contributed by atoms with Crippen molar-refractivity contribution in [2.75, 3.05) is 33.5 Å². The third-order valence-electron chi connectivity index (χ3n) is 1.87. The topological polar surface area (TPSA) is 47.7 Å². The van der Waals surface area contributed by atoms with Gasteiger partial charge in [-0.05, 0) is 12.2 Å². The Labute approximate surface area is 77.6 Å². The predicted octanol–water partition coefficient (Wildman–Crippen LogP) is -0.423. The highest BCUT2D eigenvalue weighted by atomic mass is 32.1. The van der Waals surface area contributed by atoms with E-state index >= 15 is 0 Å². The molecule has 5 heteroatoms. The number of nitrogens with zero attached hydrogens (tertiary/aromatic N) is 1. The Hall–Kier alpha value is -0.390. The number of thiocarbonyl (C=S) groups is 1. The van der Waals surface area contributed by atoms with Crippen LogP contribution in [0, 0.1) is 0 Å². The van der Waals surface area contributed by atoms with E-state index in [-0.39, 0.29) is 6.04 Å². The molecule has 1 heterocycles. The van der Waals surface area contributed by atoms with Gasteiger partial charge in [-0.25, -0.2) is 0 Å². The molecule has 0 bridgehead atoms. The van der Waals surface area contributed by atoms with E-state index in [2.05, 4.69) is 0 Å². The molecule has 2 N–H and O–H groups in total. The van der Waals surface area contributed by atoms with Crippen LogP contribution in [0.15, 0.2) is 0 Å². The number of hydrogen-bond donors (Lipinski definition) is 1. The summed E-state index contributed by atoms with van der Waals surface area (Å²) in [6.07, 6.45) is 0. The van der Waals surface area contributed by atoms with Gasteiger partial charge < -0.3 is 20.1 Å². The van der Waals surface area contributed by atoms with Gasteiger partial charge in [0.25, 0.3) is 0 Å². The van der Waals surface area contributed by atoms with E-state index in [0.717, 1.165) is 6.54 Å². The summed E-state index contributed by atoms with van der Waals surface area (Å²) >= 11 is 4.90. The van der Waals surface area contributed by atoms with E-state index in [1.807, 2.05) is 4.90 Å². The normalized spacial score (nSPS) is 24.1. The summed E-state index contributed by atoms with van der Waals surface area (Å²) < 4.78 is 10.3. The largest absolute Gasteiger partial charge is 0.382 e. The summed E-state index contributed by atoms with van der Waals surface area (Å²) in [5.74, 6) is 0. The maximum Gasteiger partial charge on any atom is 0.166 e. The Morgan fingerprint density at radius 3 is 3.17 bits per heavy atom. The van der Waals surface area contributed by atoms with Crippen molar-refractivity contribution in [3.63, 3.8) is 0 Å². The standard InChI is InChI=1S/C7H14N2O2S/c1-10-4-6-5-11-3-2-9(6)7(8)12/h6H,2-5H2,1H3,(H2,8,12)/t6-/m0/s1. The predicted molar refractivity (Wildman–Crippen MR) is 50.0 cm³/mol. The van der Waals surface area contributed by atoms with Crippen LogP contribution in [0.1, 0.15) is 0 Å². The van der Waals surface area contributed by atoms with E-state index in [0.29, 0.717) is 24.9 Å². The molecule has 1 atom stereocenters. The van der Waals surface area contributed by atoms with Crippen molar-refractivity contribution in [2.45, 2.75) is 6.04 Å².